The van der Waals surface area contributed by atoms with Crippen molar-refractivity contribution in [3.63, 3.8) is 0 Å². The number of fused-ring (bicyclic) bond motifs is 1. The average molecular weight is 365 g/mol. The normalized spacial score (nSPS) is 18.2. The number of hydrogen-bond donors (Lipinski definition) is 1. The molecule has 140 valence electrons. The first-order chi connectivity index (χ1) is 12.7. The van der Waals surface area contributed by atoms with Gasteiger partial charge < -0.3 is 14.6 Å². The van der Waals surface area contributed by atoms with Gasteiger partial charge >= 0.3 is 5.97 Å². The van der Waals surface area contributed by atoms with E-state index in [0.717, 1.165) is 22.3 Å². The van der Waals surface area contributed by atoms with E-state index in [2.05, 4.69) is 6.07 Å². The van der Waals surface area contributed by atoms with Crippen molar-refractivity contribution in [2.45, 2.75) is 53.2 Å². The number of carbonyl (C=O) groups excluding carboxylic acids is 1. The van der Waals surface area contributed by atoms with E-state index in [1.165, 1.54) is 0 Å². The summed E-state index contributed by atoms with van der Waals surface area (Å²) >= 11 is 0. The second-order valence-corrected chi connectivity index (χ2v) is 7.25. The standard InChI is InChI=1S/C22H23NO4/c1-12-13(2)20-17(15(4)19(12)24)9-10-22(5,26-20)27-21(25)18-8-6-7-16(11-23)14(18)3/h6-8,24H,9-10H2,1-5H3. The average Bonchev–Trinajstić information content (AvgIpc) is 2.64. The number of phenols is 1. The van der Waals surface area contributed by atoms with E-state index in [4.69, 9.17) is 14.7 Å². The molecule has 1 aliphatic heterocycles. The van der Waals surface area contributed by atoms with E-state index in [9.17, 15) is 9.90 Å². The molecule has 1 atom stereocenters. The molecule has 3 rings (SSSR count). The lowest BCUT2D eigenvalue weighted by Gasteiger charge is -2.37. The number of carbonyl (C=O) groups is 1. The van der Waals surface area contributed by atoms with Crippen LogP contribution in [0.2, 0.25) is 0 Å². The minimum Gasteiger partial charge on any atom is -0.507 e. The fourth-order valence-electron chi connectivity index (χ4n) is 3.53. The van der Waals surface area contributed by atoms with Gasteiger partial charge in [-0.05, 0) is 68.5 Å². The van der Waals surface area contributed by atoms with E-state index in [-0.39, 0.29) is 0 Å². The number of hydrogen-bond acceptors (Lipinski definition) is 5. The fourth-order valence-corrected chi connectivity index (χ4v) is 3.53. The van der Waals surface area contributed by atoms with Gasteiger partial charge in [-0.15, -0.1) is 0 Å². The molecule has 0 spiro atoms. The second-order valence-electron chi connectivity index (χ2n) is 7.25. The van der Waals surface area contributed by atoms with Crippen molar-refractivity contribution >= 4 is 5.97 Å². The van der Waals surface area contributed by atoms with E-state index in [1.54, 1.807) is 32.0 Å². The molecule has 1 unspecified atom stereocenters. The van der Waals surface area contributed by atoms with Crippen LogP contribution in [0, 0.1) is 39.0 Å². The van der Waals surface area contributed by atoms with E-state index in [0.29, 0.717) is 41.0 Å². The van der Waals surface area contributed by atoms with Gasteiger partial charge in [-0.1, -0.05) is 6.07 Å². The Kier molecular flexibility index (Phi) is 4.61. The summed E-state index contributed by atoms with van der Waals surface area (Å²) < 4.78 is 11.9. The molecule has 2 aromatic rings. The molecule has 0 bridgehead atoms. The lowest BCUT2D eigenvalue weighted by Crippen LogP contribution is -2.41. The van der Waals surface area contributed by atoms with Gasteiger partial charge in [0, 0.05) is 18.9 Å². The summed E-state index contributed by atoms with van der Waals surface area (Å²) in [6.45, 7) is 9.08. The zero-order chi connectivity index (χ0) is 19.9. The summed E-state index contributed by atoms with van der Waals surface area (Å²) in [5.41, 5.74) is 4.77. The Labute approximate surface area is 159 Å². The molecule has 1 aliphatic rings. The van der Waals surface area contributed by atoms with Crippen LogP contribution in [0.4, 0.5) is 0 Å². The third-order valence-corrected chi connectivity index (χ3v) is 5.47. The summed E-state index contributed by atoms with van der Waals surface area (Å²) in [4.78, 5) is 12.7. The Morgan fingerprint density at radius 1 is 1.19 bits per heavy atom. The number of nitrogens with zero attached hydrogens (tertiary/aromatic N) is 1. The van der Waals surface area contributed by atoms with Gasteiger partial charge in [0.25, 0.3) is 5.79 Å². The predicted molar refractivity (Wildman–Crippen MR) is 101 cm³/mol. The molecule has 1 N–H and O–H groups in total. The third-order valence-electron chi connectivity index (χ3n) is 5.47. The minimum atomic E-state index is -1.11. The van der Waals surface area contributed by atoms with Gasteiger partial charge in [0.2, 0.25) is 0 Å². The van der Waals surface area contributed by atoms with Crippen LogP contribution in [0.1, 0.15) is 57.1 Å². The Hall–Kier alpha value is -3.00. The number of phenolic OH excluding ortho intramolecular Hbond substituents is 1. The van der Waals surface area contributed by atoms with Crippen LogP contribution >= 0.6 is 0 Å². The molecule has 1 heterocycles. The maximum absolute atomic E-state index is 12.7. The zero-order valence-electron chi connectivity index (χ0n) is 16.3. The van der Waals surface area contributed by atoms with Crippen molar-refractivity contribution in [1.29, 1.82) is 5.26 Å². The Morgan fingerprint density at radius 3 is 2.56 bits per heavy atom. The first kappa shape index (κ1) is 18.8. The lowest BCUT2D eigenvalue weighted by atomic mass is 9.91. The quantitative estimate of drug-likeness (QED) is 0.798. The highest BCUT2D eigenvalue weighted by Gasteiger charge is 2.38. The number of rotatable bonds is 2. The highest BCUT2D eigenvalue weighted by molar-refractivity contribution is 5.92. The van der Waals surface area contributed by atoms with Gasteiger partial charge in [0.15, 0.2) is 0 Å². The van der Waals surface area contributed by atoms with Crippen molar-refractivity contribution in [1.82, 2.24) is 0 Å². The predicted octanol–water partition coefficient (Wildman–Crippen LogP) is 4.40. The molecular weight excluding hydrogens is 342 g/mol. The number of benzene rings is 2. The molecule has 0 aromatic heterocycles. The van der Waals surface area contributed by atoms with Crippen molar-refractivity contribution in [3.05, 3.63) is 57.1 Å². The second kappa shape index (κ2) is 6.62. The Balaban J connectivity index is 1.92. The number of nitriles is 1. The molecule has 2 aromatic carbocycles. The molecule has 0 saturated carbocycles. The molecule has 27 heavy (non-hydrogen) atoms. The van der Waals surface area contributed by atoms with Gasteiger partial charge in [-0.3, -0.25) is 0 Å². The van der Waals surface area contributed by atoms with Crippen molar-refractivity contribution in [3.8, 4) is 17.6 Å². The first-order valence-corrected chi connectivity index (χ1v) is 8.92. The first-order valence-electron chi connectivity index (χ1n) is 8.92. The summed E-state index contributed by atoms with van der Waals surface area (Å²) in [6.07, 6.45) is 1.11. The van der Waals surface area contributed by atoms with Crippen LogP contribution in [0.5, 0.6) is 11.5 Å². The van der Waals surface area contributed by atoms with E-state index in [1.807, 2.05) is 20.8 Å². The molecule has 0 aliphatic carbocycles. The third kappa shape index (κ3) is 3.12. The maximum atomic E-state index is 12.7. The Morgan fingerprint density at radius 2 is 1.89 bits per heavy atom. The van der Waals surface area contributed by atoms with Crippen LogP contribution in [-0.4, -0.2) is 16.9 Å². The van der Waals surface area contributed by atoms with Gasteiger partial charge in [0.1, 0.15) is 11.5 Å². The highest BCUT2D eigenvalue weighted by Crippen LogP contribution is 2.43. The molecule has 0 saturated heterocycles. The molecular formula is C22H23NO4. The minimum absolute atomic E-state index is 0.291. The number of aromatic hydroxyl groups is 1. The van der Waals surface area contributed by atoms with Crippen molar-refractivity contribution in [2.75, 3.05) is 0 Å². The Bertz CT molecular complexity index is 987. The summed E-state index contributed by atoms with van der Waals surface area (Å²) in [6, 6.07) is 7.07. The van der Waals surface area contributed by atoms with Gasteiger partial charge in [-0.2, -0.15) is 5.26 Å². The monoisotopic (exact) mass is 365 g/mol. The molecule has 5 heteroatoms. The SMILES string of the molecule is Cc1c(C#N)cccc1C(=O)OC1(C)CCc2c(C)c(O)c(C)c(C)c2O1. The largest absolute Gasteiger partial charge is 0.507 e. The van der Waals surface area contributed by atoms with Crippen LogP contribution in [0.15, 0.2) is 18.2 Å². The summed E-state index contributed by atoms with van der Waals surface area (Å²) in [5.74, 6) is -0.661. The van der Waals surface area contributed by atoms with Crippen molar-refractivity contribution in [2.24, 2.45) is 0 Å². The summed E-state index contributed by atoms with van der Waals surface area (Å²) in [7, 11) is 0. The highest BCUT2D eigenvalue weighted by atomic mass is 16.7. The van der Waals surface area contributed by atoms with Crippen LogP contribution < -0.4 is 4.74 Å². The number of ether oxygens (including phenoxy) is 2. The smallest absolute Gasteiger partial charge is 0.341 e. The molecule has 0 fully saturated rings. The molecule has 0 radical (unpaired) electrons. The van der Waals surface area contributed by atoms with Crippen LogP contribution in [0.25, 0.3) is 0 Å². The number of esters is 1. The maximum Gasteiger partial charge on any atom is 0.341 e. The van der Waals surface area contributed by atoms with Crippen molar-refractivity contribution < 1.29 is 19.4 Å². The van der Waals surface area contributed by atoms with Crippen LogP contribution in [-0.2, 0) is 11.2 Å². The van der Waals surface area contributed by atoms with Gasteiger partial charge in [-0.25, -0.2) is 4.79 Å². The van der Waals surface area contributed by atoms with Gasteiger partial charge in [0.05, 0.1) is 17.2 Å². The molecule has 0 amide bonds. The molecule has 5 nitrogen and oxygen atoms in total. The van der Waals surface area contributed by atoms with E-state index >= 15 is 0 Å². The zero-order valence-corrected chi connectivity index (χ0v) is 16.3. The van der Waals surface area contributed by atoms with Crippen LogP contribution in [0.3, 0.4) is 0 Å². The summed E-state index contributed by atoms with van der Waals surface area (Å²) in [5, 5.41) is 19.4. The topological polar surface area (TPSA) is 79.6 Å². The fraction of sp³-hybridized carbons (Fsp3) is 0.364. The van der Waals surface area contributed by atoms with E-state index < -0.39 is 11.8 Å². The lowest BCUT2D eigenvalue weighted by molar-refractivity contribution is -0.142.